The molecule has 0 aliphatic heterocycles. The van der Waals surface area contributed by atoms with Gasteiger partial charge in [-0.2, -0.15) is 5.10 Å². The molecule has 0 saturated heterocycles. The molecule has 5 rings (SSSR count). The number of nitrogens with zero attached hydrogens (tertiary/aromatic N) is 2. The van der Waals surface area contributed by atoms with E-state index in [9.17, 15) is 5.11 Å². The van der Waals surface area contributed by atoms with Crippen molar-refractivity contribution in [3.8, 4) is 0 Å². The Morgan fingerprint density at radius 1 is 1.10 bits per heavy atom. The molecule has 0 bridgehead atoms. The van der Waals surface area contributed by atoms with Gasteiger partial charge in [0.15, 0.2) is 0 Å². The van der Waals surface area contributed by atoms with Crippen LogP contribution in [0.1, 0.15) is 89.8 Å². The second kappa shape index (κ2) is 6.97. The van der Waals surface area contributed by atoms with Crippen molar-refractivity contribution in [3.63, 3.8) is 0 Å². The van der Waals surface area contributed by atoms with Crippen molar-refractivity contribution >= 4 is 6.08 Å². The molecule has 3 nitrogen and oxygen atoms in total. The summed E-state index contributed by atoms with van der Waals surface area (Å²) in [7, 11) is 0. The first kappa shape index (κ1) is 19.8. The van der Waals surface area contributed by atoms with Gasteiger partial charge in [-0.15, -0.1) is 0 Å². The van der Waals surface area contributed by atoms with E-state index in [-0.39, 0.29) is 11.5 Å². The van der Waals surface area contributed by atoms with Gasteiger partial charge in [-0.1, -0.05) is 26.7 Å². The molecule has 1 N–H and O–H groups in total. The van der Waals surface area contributed by atoms with E-state index in [2.05, 4.69) is 43.6 Å². The topological polar surface area (TPSA) is 38.0 Å². The molecule has 0 amide bonds. The van der Waals surface area contributed by atoms with Crippen molar-refractivity contribution in [2.45, 2.75) is 98.1 Å². The Kier molecular flexibility index (Phi) is 4.77. The lowest BCUT2D eigenvalue weighted by molar-refractivity contribution is -0.119. The zero-order valence-electron chi connectivity index (χ0n) is 19.0. The van der Waals surface area contributed by atoms with Crippen LogP contribution in [0.15, 0.2) is 11.8 Å². The summed E-state index contributed by atoms with van der Waals surface area (Å²) in [4.78, 5) is 0. The van der Waals surface area contributed by atoms with Crippen LogP contribution in [0.3, 0.4) is 0 Å². The molecule has 4 saturated carbocycles. The molecule has 1 heterocycles. The predicted molar refractivity (Wildman–Crippen MR) is 118 cm³/mol. The number of hydrogen-bond acceptors (Lipinski definition) is 2. The van der Waals surface area contributed by atoms with Gasteiger partial charge in [-0.25, -0.2) is 0 Å². The lowest BCUT2D eigenvalue weighted by Gasteiger charge is -2.60. The molecule has 29 heavy (non-hydrogen) atoms. The van der Waals surface area contributed by atoms with E-state index in [1.165, 1.54) is 68.2 Å². The second-order valence-electron chi connectivity index (χ2n) is 11.3. The lowest BCUT2D eigenvalue weighted by atomic mass is 9.45. The lowest BCUT2D eigenvalue weighted by Crippen LogP contribution is -2.53. The molecule has 0 aromatic carbocycles. The molecule has 0 radical (unpaired) electrons. The van der Waals surface area contributed by atoms with Gasteiger partial charge < -0.3 is 5.11 Å². The summed E-state index contributed by atoms with van der Waals surface area (Å²) in [5.74, 6) is 3.32. The molecule has 4 aliphatic carbocycles. The van der Waals surface area contributed by atoms with Gasteiger partial charge in [-0.05, 0) is 99.5 Å². The van der Waals surface area contributed by atoms with E-state index in [0.717, 1.165) is 30.7 Å². The summed E-state index contributed by atoms with van der Waals surface area (Å²) in [6.07, 6.45) is 16.3. The Morgan fingerprint density at radius 2 is 1.93 bits per heavy atom. The first-order valence-corrected chi connectivity index (χ1v) is 12.3. The van der Waals surface area contributed by atoms with Crippen molar-refractivity contribution < 1.29 is 5.11 Å². The molecule has 3 heteroatoms. The monoisotopic (exact) mass is 396 g/mol. The molecule has 1 aromatic rings. The molecule has 0 spiro atoms. The minimum absolute atomic E-state index is 0.0690. The van der Waals surface area contributed by atoms with Crippen molar-refractivity contribution in [2.24, 2.45) is 34.5 Å². The van der Waals surface area contributed by atoms with Gasteiger partial charge in [-0.3, -0.25) is 4.68 Å². The molecule has 160 valence electrons. The fourth-order valence-electron chi connectivity index (χ4n) is 8.42. The summed E-state index contributed by atoms with van der Waals surface area (Å²) in [6, 6.07) is 0. The third-order valence-electron chi connectivity index (χ3n) is 10.2. The Morgan fingerprint density at radius 3 is 2.69 bits per heavy atom. The van der Waals surface area contributed by atoms with Crippen molar-refractivity contribution in [3.05, 3.63) is 23.0 Å². The SMILES string of the molecule is CCn1ncc(/C=C2\C[C@@H]3[C@H]4CC[C@H]5CCCC[C@]5(C)[C@@H]4CC[C@@]3(C)[C@H]2O)c1C. The molecule has 1 aromatic heterocycles. The first-order valence-electron chi connectivity index (χ1n) is 12.3. The third-order valence-corrected chi connectivity index (χ3v) is 10.2. The van der Waals surface area contributed by atoms with Crippen LogP contribution in [-0.2, 0) is 6.54 Å². The highest BCUT2D eigenvalue weighted by Crippen LogP contribution is 2.67. The van der Waals surface area contributed by atoms with Crippen LogP contribution in [0.5, 0.6) is 0 Å². The molecule has 4 fully saturated rings. The predicted octanol–water partition coefficient (Wildman–Crippen LogP) is 6.00. The van der Waals surface area contributed by atoms with Gasteiger partial charge in [0.05, 0.1) is 12.3 Å². The van der Waals surface area contributed by atoms with Crippen LogP contribution < -0.4 is 0 Å². The third kappa shape index (κ3) is 2.82. The first-order chi connectivity index (χ1) is 13.9. The Balaban J connectivity index is 1.45. The molecule has 4 aliphatic rings. The summed E-state index contributed by atoms with van der Waals surface area (Å²) in [6.45, 7) is 10.2. The fourth-order valence-corrected chi connectivity index (χ4v) is 8.42. The van der Waals surface area contributed by atoms with E-state index in [1.54, 1.807) is 0 Å². The highest BCUT2D eigenvalue weighted by atomic mass is 16.3. The average molecular weight is 397 g/mol. The van der Waals surface area contributed by atoms with Crippen LogP contribution in [-0.4, -0.2) is 21.0 Å². The number of aromatic nitrogens is 2. The van der Waals surface area contributed by atoms with E-state index in [1.807, 2.05) is 6.20 Å². The maximum Gasteiger partial charge on any atom is 0.0809 e. The summed E-state index contributed by atoms with van der Waals surface area (Å²) in [5.41, 5.74) is 4.33. The van der Waals surface area contributed by atoms with Crippen molar-refractivity contribution in [1.82, 2.24) is 9.78 Å². The van der Waals surface area contributed by atoms with Gasteiger partial charge in [0.25, 0.3) is 0 Å². The van der Waals surface area contributed by atoms with E-state index < -0.39 is 0 Å². The minimum Gasteiger partial charge on any atom is -0.388 e. The van der Waals surface area contributed by atoms with Gasteiger partial charge in [0.1, 0.15) is 0 Å². The zero-order chi connectivity index (χ0) is 20.4. The number of aliphatic hydroxyl groups is 1. The summed E-state index contributed by atoms with van der Waals surface area (Å²) >= 11 is 0. The number of aliphatic hydroxyl groups excluding tert-OH is 1. The van der Waals surface area contributed by atoms with Gasteiger partial charge in [0, 0.05) is 23.2 Å². The van der Waals surface area contributed by atoms with Crippen LogP contribution in [0.4, 0.5) is 0 Å². The Labute approximate surface area is 177 Å². The largest absolute Gasteiger partial charge is 0.388 e. The quantitative estimate of drug-likeness (QED) is 0.666. The molecular weight excluding hydrogens is 356 g/mol. The Bertz CT molecular complexity index is 810. The van der Waals surface area contributed by atoms with E-state index >= 15 is 0 Å². The van der Waals surface area contributed by atoms with Crippen molar-refractivity contribution in [1.29, 1.82) is 0 Å². The highest BCUT2D eigenvalue weighted by Gasteiger charge is 2.60. The fraction of sp³-hybridized carbons (Fsp3) is 0.808. The number of aryl methyl sites for hydroxylation is 1. The molecule has 0 unspecified atom stereocenters. The maximum atomic E-state index is 11.5. The summed E-state index contributed by atoms with van der Waals surface area (Å²) < 4.78 is 2.06. The number of rotatable bonds is 2. The van der Waals surface area contributed by atoms with E-state index in [0.29, 0.717) is 11.3 Å². The second-order valence-corrected chi connectivity index (χ2v) is 11.3. The van der Waals surface area contributed by atoms with Crippen LogP contribution in [0.2, 0.25) is 0 Å². The van der Waals surface area contributed by atoms with Crippen molar-refractivity contribution in [2.75, 3.05) is 0 Å². The molecular formula is C26H40N2O. The summed E-state index contributed by atoms with van der Waals surface area (Å²) in [5, 5.41) is 16.0. The average Bonchev–Trinajstić information content (AvgIpc) is 3.19. The van der Waals surface area contributed by atoms with Crippen LogP contribution >= 0.6 is 0 Å². The van der Waals surface area contributed by atoms with Gasteiger partial charge in [0.2, 0.25) is 0 Å². The zero-order valence-corrected chi connectivity index (χ0v) is 19.0. The number of hydrogen-bond donors (Lipinski definition) is 1. The normalized spacial score (nSPS) is 45.7. The number of fused-ring (bicyclic) bond motifs is 5. The van der Waals surface area contributed by atoms with Crippen LogP contribution in [0.25, 0.3) is 6.08 Å². The van der Waals surface area contributed by atoms with Gasteiger partial charge >= 0.3 is 0 Å². The smallest absolute Gasteiger partial charge is 0.0809 e. The Hall–Kier alpha value is -1.09. The molecule has 7 atom stereocenters. The standard InChI is InChI=1S/C26H40N2O/c1-5-28-17(2)19(16-27-28)14-18-15-23-21-10-9-20-8-6-7-12-25(20,3)22(21)11-13-26(23,4)24(18)29/h14,16,20-24,29H,5-13,15H2,1-4H3/b18-14+/t20-,21+,22-,23-,24+,25+,26-/m1/s1. The van der Waals surface area contributed by atoms with E-state index in [4.69, 9.17) is 0 Å². The highest BCUT2D eigenvalue weighted by molar-refractivity contribution is 5.57. The van der Waals surface area contributed by atoms with Crippen LogP contribution in [0, 0.1) is 41.4 Å². The maximum absolute atomic E-state index is 11.5. The minimum atomic E-state index is -0.283.